The maximum absolute atomic E-state index is 12.3. The minimum Gasteiger partial charge on any atom is -0.500 e. The van der Waals surface area contributed by atoms with E-state index in [1.54, 1.807) is 6.92 Å². The van der Waals surface area contributed by atoms with E-state index in [9.17, 15) is 24.8 Å². The van der Waals surface area contributed by atoms with E-state index in [4.69, 9.17) is 9.47 Å². The fourth-order valence-corrected chi connectivity index (χ4v) is 2.62. The number of hydrogen-bond donors (Lipinski definition) is 2. The topological polar surface area (TPSA) is 140 Å². The molecule has 1 aliphatic heterocycles. The van der Waals surface area contributed by atoms with Gasteiger partial charge in [0, 0.05) is 11.8 Å². The number of nitrogens with zero attached hydrogens (tertiary/aromatic N) is 2. The van der Waals surface area contributed by atoms with E-state index in [-0.39, 0.29) is 23.6 Å². The van der Waals surface area contributed by atoms with Crippen LogP contribution < -0.4 is 10.1 Å². The van der Waals surface area contributed by atoms with Gasteiger partial charge in [-0.25, -0.2) is 9.79 Å². The van der Waals surface area contributed by atoms with Crippen molar-refractivity contribution in [1.82, 2.24) is 5.32 Å². The molecule has 0 saturated heterocycles. The molecule has 0 radical (unpaired) electrons. The third-order valence-corrected chi connectivity index (χ3v) is 3.73. The van der Waals surface area contributed by atoms with Crippen LogP contribution in [0.25, 0.3) is 0 Å². The highest BCUT2D eigenvalue weighted by Crippen LogP contribution is 2.40. The fraction of sp³-hybridized carbons (Fsp3) is 0.400. The number of aliphatic imine (C=N–C) groups is 1. The average Bonchev–Trinajstić information content (AvgIpc) is 2.54. The summed E-state index contributed by atoms with van der Waals surface area (Å²) in [5.41, 5.74) is -0.171. The second-order valence-corrected chi connectivity index (χ2v) is 5.26. The van der Waals surface area contributed by atoms with Crippen LogP contribution >= 0.6 is 0 Å². The Hall–Kier alpha value is -3.17. The third-order valence-electron chi connectivity index (χ3n) is 3.73. The first-order valence-electron chi connectivity index (χ1n) is 7.37. The Labute approximate surface area is 142 Å². The summed E-state index contributed by atoms with van der Waals surface area (Å²) in [4.78, 5) is 38.1. The van der Waals surface area contributed by atoms with Crippen LogP contribution in [-0.2, 0) is 9.53 Å². The van der Waals surface area contributed by atoms with Gasteiger partial charge in [0.15, 0.2) is 5.75 Å². The first kappa shape index (κ1) is 18.2. The van der Waals surface area contributed by atoms with Gasteiger partial charge in [0.25, 0.3) is 0 Å². The average molecular weight is 351 g/mol. The number of phenols is 1. The van der Waals surface area contributed by atoms with Gasteiger partial charge >= 0.3 is 17.7 Å². The molecule has 10 heteroatoms. The number of methoxy groups -OCH3 is 1. The third kappa shape index (κ3) is 3.52. The molecule has 0 bridgehead atoms. The number of esters is 1. The van der Waals surface area contributed by atoms with Gasteiger partial charge in [0.05, 0.1) is 24.7 Å². The lowest BCUT2D eigenvalue weighted by Gasteiger charge is -2.29. The zero-order valence-electron chi connectivity index (χ0n) is 13.8. The number of amides is 2. The van der Waals surface area contributed by atoms with Gasteiger partial charge in [0.1, 0.15) is 5.92 Å². The fourth-order valence-electron chi connectivity index (χ4n) is 2.62. The normalized spacial score (nSPS) is 19.6. The summed E-state index contributed by atoms with van der Waals surface area (Å²) < 4.78 is 9.96. The lowest BCUT2D eigenvalue weighted by molar-refractivity contribution is -0.386. The molecule has 10 nitrogen and oxygen atoms in total. The first-order chi connectivity index (χ1) is 11.8. The Balaban J connectivity index is 2.58. The molecule has 0 spiro atoms. The number of carbonyl (C=O) groups excluding carboxylic acids is 2. The Bertz CT molecular complexity index is 760. The summed E-state index contributed by atoms with van der Waals surface area (Å²) in [6.07, 6.45) is 0. The second-order valence-electron chi connectivity index (χ2n) is 5.26. The van der Waals surface area contributed by atoms with Gasteiger partial charge < -0.3 is 19.9 Å². The number of aromatic hydroxyl groups is 1. The van der Waals surface area contributed by atoms with E-state index in [0.29, 0.717) is 0 Å². The van der Waals surface area contributed by atoms with E-state index in [1.807, 2.05) is 0 Å². The van der Waals surface area contributed by atoms with Crippen molar-refractivity contribution >= 4 is 23.4 Å². The Morgan fingerprint density at radius 1 is 1.48 bits per heavy atom. The Morgan fingerprint density at radius 2 is 2.16 bits per heavy atom. The largest absolute Gasteiger partial charge is 0.500 e. The van der Waals surface area contributed by atoms with Gasteiger partial charge in [-0.1, -0.05) is 0 Å². The number of nitro benzene ring substituents is 1. The molecule has 2 N–H and O–H groups in total. The first-order valence-corrected chi connectivity index (χ1v) is 7.37. The second kappa shape index (κ2) is 7.16. The molecular formula is C15H17N3O7. The van der Waals surface area contributed by atoms with Crippen molar-refractivity contribution in [3.8, 4) is 11.5 Å². The van der Waals surface area contributed by atoms with Gasteiger partial charge in [-0.2, -0.15) is 0 Å². The van der Waals surface area contributed by atoms with Crippen molar-refractivity contribution in [3.63, 3.8) is 0 Å². The number of hydrogen-bond acceptors (Lipinski definition) is 7. The van der Waals surface area contributed by atoms with Crippen LogP contribution in [0.3, 0.4) is 0 Å². The standard InChI is InChI=1S/C15H17N3O7/c1-4-25-14(20)11-7(2)16-15(21)17-12(11)8-5-9(18(22)23)13(19)10(6-8)24-3/h5-6,11-12,19H,4H2,1-3H3,(H,17,21). The van der Waals surface area contributed by atoms with Crippen molar-refractivity contribution in [2.45, 2.75) is 19.9 Å². The summed E-state index contributed by atoms with van der Waals surface area (Å²) in [5, 5.41) is 23.5. The molecule has 0 aliphatic carbocycles. The molecule has 2 atom stereocenters. The van der Waals surface area contributed by atoms with E-state index in [1.165, 1.54) is 20.1 Å². The minimum atomic E-state index is -0.952. The molecule has 0 aromatic heterocycles. The van der Waals surface area contributed by atoms with E-state index < -0.39 is 40.3 Å². The highest BCUT2D eigenvalue weighted by molar-refractivity contribution is 6.08. The van der Waals surface area contributed by atoms with E-state index in [2.05, 4.69) is 10.3 Å². The molecule has 2 rings (SSSR count). The molecule has 2 amide bonds. The number of benzene rings is 1. The number of nitro groups is 1. The maximum atomic E-state index is 12.3. The van der Waals surface area contributed by atoms with Gasteiger partial charge in [0.2, 0.25) is 5.75 Å². The SMILES string of the molecule is CCOC(=O)C1C(C)=NC(=O)NC1c1cc(OC)c(O)c([N+](=O)[O-])c1. The molecular weight excluding hydrogens is 334 g/mol. The van der Waals surface area contributed by atoms with Crippen LogP contribution in [0, 0.1) is 16.0 Å². The predicted molar refractivity (Wildman–Crippen MR) is 85.8 cm³/mol. The van der Waals surface area contributed by atoms with Crippen molar-refractivity contribution < 1.29 is 29.1 Å². The zero-order valence-corrected chi connectivity index (χ0v) is 13.8. The van der Waals surface area contributed by atoms with Crippen molar-refractivity contribution in [2.75, 3.05) is 13.7 Å². The zero-order chi connectivity index (χ0) is 18.7. The molecule has 1 heterocycles. The van der Waals surface area contributed by atoms with Crippen molar-refractivity contribution in [1.29, 1.82) is 0 Å². The number of nitrogens with one attached hydrogen (secondary N) is 1. The quantitative estimate of drug-likeness (QED) is 0.467. The number of carbonyl (C=O) groups is 2. The summed E-state index contributed by atoms with van der Waals surface area (Å²) in [7, 11) is 1.23. The Morgan fingerprint density at radius 3 is 2.72 bits per heavy atom. The highest BCUT2D eigenvalue weighted by atomic mass is 16.6. The number of ether oxygens (including phenoxy) is 2. The molecule has 25 heavy (non-hydrogen) atoms. The number of rotatable bonds is 5. The molecule has 0 saturated carbocycles. The molecule has 1 aliphatic rings. The van der Waals surface area contributed by atoms with E-state index in [0.717, 1.165) is 6.07 Å². The molecule has 1 aromatic rings. The van der Waals surface area contributed by atoms with E-state index >= 15 is 0 Å². The maximum Gasteiger partial charge on any atom is 0.341 e. The minimum absolute atomic E-state index is 0.127. The van der Waals surface area contributed by atoms with Crippen LogP contribution in [0.4, 0.5) is 10.5 Å². The van der Waals surface area contributed by atoms with Crippen LogP contribution in [0.2, 0.25) is 0 Å². The molecule has 2 unspecified atom stereocenters. The predicted octanol–water partition coefficient (Wildman–Crippen LogP) is 1.71. The van der Waals surface area contributed by atoms with Gasteiger partial charge in [-0.3, -0.25) is 14.9 Å². The van der Waals surface area contributed by atoms with Crippen LogP contribution in [0.15, 0.2) is 17.1 Å². The number of urea groups is 1. The molecule has 1 aromatic carbocycles. The number of phenolic OH excluding ortho intramolecular Hbond substituents is 1. The summed E-state index contributed by atoms with van der Waals surface area (Å²) in [6, 6.07) is 0.765. The van der Waals surface area contributed by atoms with Crippen LogP contribution in [0.5, 0.6) is 11.5 Å². The highest BCUT2D eigenvalue weighted by Gasteiger charge is 2.39. The summed E-state index contributed by atoms with van der Waals surface area (Å²) in [6.45, 7) is 3.26. The van der Waals surface area contributed by atoms with Crippen molar-refractivity contribution in [2.24, 2.45) is 10.9 Å². The van der Waals surface area contributed by atoms with Gasteiger partial charge in [-0.05, 0) is 25.5 Å². The lowest BCUT2D eigenvalue weighted by Crippen LogP contribution is -2.44. The molecule has 134 valence electrons. The van der Waals surface area contributed by atoms with Crippen molar-refractivity contribution in [3.05, 3.63) is 27.8 Å². The lowest BCUT2D eigenvalue weighted by atomic mass is 9.88. The summed E-state index contributed by atoms with van der Waals surface area (Å²) >= 11 is 0. The smallest absolute Gasteiger partial charge is 0.341 e. The monoisotopic (exact) mass is 351 g/mol. The summed E-state index contributed by atoms with van der Waals surface area (Å²) in [5.74, 6) is -2.37. The Kier molecular flexibility index (Phi) is 5.20. The van der Waals surface area contributed by atoms with Gasteiger partial charge in [-0.15, -0.1) is 0 Å². The van der Waals surface area contributed by atoms with Crippen LogP contribution in [0.1, 0.15) is 25.5 Å². The molecule has 0 fully saturated rings. The van der Waals surface area contributed by atoms with Crippen LogP contribution in [-0.4, -0.2) is 41.5 Å².